The molecule has 3 aromatic rings. The van der Waals surface area contributed by atoms with E-state index >= 15 is 0 Å². The molecule has 6 nitrogen and oxygen atoms in total. The number of aromatic nitrogens is 2. The van der Waals surface area contributed by atoms with Crippen LogP contribution in [0.15, 0.2) is 66.9 Å². The van der Waals surface area contributed by atoms with E-state index < -0.39 is 0 Å². The molecule has 0 atom stereocenters. The lowest BCUT2D eigenvalue weighted by Gasteiger charge is -2.18. The van der Waals surface area contributed by atoms with Crippen molar-refractivity contribution in [1.82, 2.24) is 15.3 Å². The Morgan fingerprint density at radius 3 is 2.27 bits per heavy atom. The number of anilines is 2. The molecule has 0 radical (unpaired) electrons. The van der Waals surface area contributed by atoms with Crippen LogP contribution in [0.1, 0.15) is 21.5 Å². The number of nitrogen functional groups attached to an aromatic ring is 1. The first-order chi connectivity index (χ1) is 12.6. The molecule has 0 aliphatic carbocycles. The monoisotopic (exact) mass is 347 g/mol. The number of carbonyl (C=O) groups is 1. The number of benzene rings is 2. The minimum atomic E-state index is -0.288. The summed E-state index contributed by atoms with van der Waals surface area (Å²) in [6.07, 6.45) is 1.47. The van der Waals surface area contributed by atoms with E-state index in [-0.39, 0.29) is 17.3 Å². The van der Waals surface area contributed by atoms with Gasteiger partial charge in [0.15, 0.2) is 0 Å². The van der Waals surface area contributed by atoms with Crippen LogP contribution < -0.4 is 16.0 Å². The summed E-state index contributed by atoms with van der Waals surface area (Å²) in [7, 11) is 1.89. The van der Waals surface area contributed by atoms with E-state index in [2.05, 4.69) is 15.3 Å². The summed E-state index contributed by atoms with van der Waals surface area (Å²) < 4.78 is 0. The van der Waals surface area contributed by atoms with E-state index in [0.717, 1.165) is 11.1 Å². The molecule has 1 aromatic heterocycles. The number of carbonyl (C=O) groups excluding carboxylic acids is 1. The molecule has 6 heteroatoms. The summed E-state index contributed by atoms with van der Waals surface area (Å²) in [5, 5.41) is 2.83. The van der Waals surface area contributed by atoms with Gasteiger partial charge in [-0.15, -0.1) is 0 Å². The maximum atomic E-state index is 12.3. The van der Waals surface area contributed by atoms with Crippen molar-refractivity contribution in [3.8, 4) is 0 Å². The Morgan fingerprint density at radius 1 is 1.04 bits per heavy atom. The fraction of sp³-hybridized carbons (Fsp3) is 0.150. The van der Waals surface area contributed by atoms with Gasteiger partial charge >= 0.3 is 0 Å². The van der Waals surface area contributed by atoms with Gasteiger partial charge in [0.2, 0.25) is 5.95 Å². The molecule has 0 aliphatic heterocycles. The second-order valence-corrected chi connectivity index (χ2v) is 5.98. The predicted molar refractivity (Wildman–Crippen MR) is 103 cm³/mol. The van der Waals surface area contributed by atoms with E-state index in [1.165, 1.54) is 6.20 Å². The highest BCUT2D eigenvalue weighted by atomic mass is 16.1. The predicted octanol–water partition coefficient (Wildman–Crippen LogP) is 2.63. The van der Waals surface area contributed by atoms with Gasteiger partial charge < -0.3 is 16.0 Å². The minimum Gasteiger partial charge on any atom is -0.383 e. The Labute approximate surface area is 152 Å². The Morgan fingerprint density at radius 2 is 1.65 bits per heavy atom. The molecule has 0 bridgehead atoms. The lowest BCUT2D eigenvalue weighted by molar-refractivity contribution is 0.0951. The fourth-order valence-electron chi connectivity index (χ4n) is 2.55. The molecule has 3 rings (SSSR count). The second kappa shape index (κ2) is 8.11. The highest BCUT2D eigenvalue weighted by Gasteiger charge is 2.14. The molecule has 0 saturated carbocycles. The maximum Gasteiger partial charge on any atom is 0.256 e. The second-order valence-electron chi connectivity index (χ2n) is 5.98. The number of nitrogens with one attached hydrogen (secondary N) is 1. The van der Waals surface area contributed by atoms with Crippen LogP contribution in [0.3, 0.4) is 0 Å². The van der Waals surface area contributed by atoms with Crippen molar-refractivity contribution >= 4 is 17.7 Å². The van der Waals surface area contributed by atoms with Gasteiger partial charge in [0.1, 0.15) is 5.82 Å². The fourth-order valence-corrected chi connectivity index (χ4v) is 2.55. The number of nitrogens with two attached hydrogens (primary N) is 1. The van der Waals surface area contributed by atoms with Crippen molar-refractivity contribution in [2.45, 2.75) is 13.1 Å². The molecule has 0 fully saturated rings. The first kappa shape index (κ1) is 17.4. The van der Waals surface area contributed by atoms with E-state index in [1.807, 2.05) is 72.6 Å². The van der Waals surface area contributed by atoms with Crippen molar-refractivity contribution in [2.24, 2.45) is 0 Å². The van der Waals surface area contributed by atoms with Gasteiger partial charge in [-0.3, -0.25) is 4.79 Å². The van der Waals surface area contributed by atoms with Crippen LogP contribution in [0, 0.1) is 0 Å². The molecule has 1 amide bonds. The zero-order valence-corrected chi connectivity index (χ0v) is 14.6. The molecule has 0 spiro atoms. The highest BCUT2D eigenvalue weighted by molar-refractivity contribution is 5.98. The van der Waals surface area contributed by atoms with Crippen LogP contribution in [0.25, 0.3) is 0 Å². The van der Waals surface area contributed by atoms with Crippen molar-refractivity contribution in [3.05, 3.63) is 83.6 Å². The largest absolute Gasteiger partial charge is 0.383 e. The van der Waals surface area contributed by atoms with Gasteiger partial charge in [0.25, 0.3) is 5.91 Å². The molecular weight excluding hydrogens is 326 g/mol. The summed E-state index contributed by atoms with van der Waals surface area (Å²) in [6, 6.07) is 19.7. The summed E-state index contributed by atoms with van der Waals surface area (Å²) >= 11 is 0. The van der Waals surface area contributed by atoms with Crippen LogP contribution >= 0.6 is 0 Å². The van der Waals surface area contributed by atoms with Gasteiger partial charge in [0.05, 0.1) is 5.56 Å². The van der Waals surface area contributed by atoms with E-state index in [4.69, 9.17) is 5.73 Å². The Bertz CT molecular complexity index is 868. The van der Waals surface area contributed by atoms with Crippen molar-refractivity contribution in [1.29, 1.82) is 0 Å². The molecule has 0 unspecified atom stereocenters. The standard InChI is InChI=1S/C20H21N5O/c1-25(14-16-10-6-3-7-11-16)20-23-13-17(18(21)24-20)19(26)22-12-15-8-4-2-5-9-15/h2-11,13H,12,14H2,1H3,(H,22,26)(H2,21,23,24). The SMILES string of the molecule is CN(Cc1ccccc1)c1ncc(C(=O)NCc2ccccc2)c(N)n1. The third-order valence-electron chi connectivity index (χ3n) is 3.95. The van der Waals surface area contributed by atoms with E-state index in [9.17, 15) is 4.79 Å². The molecule has 132 valence electrons. The van der Waals surface area contributed by atoms with Crippen LogP contribution in [0.4, 0.5) is 11.8 Å². The average Bonchev–Trinajstić information content (AvgIpc) is 2.67. The van der Waals surface area contributed by atoms with Gasteiger partial charge in [-0.1, -0.05) is 60.7 Å². The summed E-state index contributed by atoms with van der Waals surface area (Å²) in [4.78, 5) is 22.8. The Hall–Kier alpha value is -3.41. The summed E-state index contributed by atoms with van der Waals surface area (Å²) in [5.41, 5.74) is 8.41. The van der Waals surface area contributed by atoms with Crippen molar-refractivity contribution < 1.29 is 4.79 Å². The molecule has 3 N–H and O–H groups in total. The lowest BCUT2D eigenvalue weighted by Crippen LogP contribution is -2.26. The Balaban J connectivity index is 1.65. The van der Waals surface area contributed by atoms with E-state index in [0.29, 0.717) is 19.0 Å². The van der Waals surface area contributed by atoms with Crippen LogP contribution in [-0.2, 0) is 13.1 Å². The smallest absolute Gasteiger partial charge is 0.256 e. The van der Waals surface area contributed by atoms with Gasteiger partial charge in [-0.2, -0.15) is 4.98 Å². The van der Waals surface area contributed by atoms with Crippen molar-refractivity contribution in [2.75, 3.05) is 17.7 Å². The topological polar surface area (TPSA) is 84.1 Å². The zero-order valence-electron chi connectivity index (χ0n) is 14.6. The molecular formula is C20H21N5O. The first-order valence-corrected chi connectivity index (χ1v) is 8.33. The van der Waals surface area contributed by atoms with Crippen LogP contribution in [0.2, 0.25) is 0 Å². The Kier molecular flexibility index (Phi) is 5.43. The van der Waals surface area contributed by atoms with Crippen LogP contribution in [0.5, 0.6) is 0 Å². The zero-order chi connectivity index (χ0) is 18.4. The third-order valence-corrected chi connectivity index (χ3v) is 3.95. The average molecular weight is 347 g/mol. The molecule has 2 aromatic carbocycles. The number of hydrogen-bond donors (Lipinski definition) is 2. The molecule has 1 heterocycles. The maximum absolute atomic E-state index is 12.3. The van der Waals surface area contributed by atoms with Crippen molar-refractivity contribution in [3.63, 3.8) is 0 Å². The van der Waals surface area contributed by atoms with Gasteiger partial charge in [0, 0.05) is 26.3 Å². The number of amides is 1. The molecule has 0 aliphatic rings. The normalized spacial score (nSPS) is 10.3. The van der Waals surface area contributed by atoms with Gasteiger partial charge in [-0.05, 0) is 11.1 Å². The minimum absolute atomic E-state index is 0.167. The third kappa shape index (κ3) is 4.36. The first-order valence-electron chi connectivity index (χ1n) is 8.33. The highest BCUT2D eigenvalue weighted by Crippen LogP contribution is 2.15. The van der Waals surface area contributed by atoms with Crippen LogP contribution in [-0.4, -0.2) is 22.9 Å². The molecule has 0 saturated heterocycles. The molecule has 26 heavy (non-hydrogen) atoms. The summed E-state index contributed by atoms with van der Waals surface area (Å²) in [6.45, 7) is 1.08. The number of hydrogen-bond acceptors (Lipinski definition) is 5. The quantitative estimate of drug-likeness (QED) is 0.716. The lowest BCUT2D eigenvalue weighted by atomic mass is 10.2. The number of nitrogens with zero attached hydrogens (tertiary/aromatic N) is 3. The van der Waals surface area contributed by atoms with E-state index in [1.54, 1.807) is 0 Å². The van der Waals surface area contributed by atoms with Gasteiger partial charge in [-0.25, -0.2) is 4.98 Å². The number of rotatable bonds is 6. The summed E-state index contributed by atoms with van der Waals surface area (Å²) in [5.74, 6) is 0.357.